The van der Waals surface area contributed by atoms with E-state index in [1.807, 2.05) is 0 Å². The molecule has 0 radical (unpaired) electrons. The van der Waals surface area contributed by atoms with Gasteiger partial charge in [0.25, 0.3) is 5.91 Å². The molecule has 21 heavy (non-hydrogen) atoms. The number of amides is 1. The van der Waals surface area contributed by atoms with Crippen LogP contribution in [0.2, 0.25) is 0 Å². The number of nitrogens with one attached hydrogen (secondary N) is 1. The van der Waals surface area contributed by atoms with Crippen LogP contribution in [0.25, 0.3) is 0 Å². The lowest BCUT2D eigenvalue weighted by Gasteiger charge is -2.13. The van der Waals surface area contributed by atoms with Crippen LogP contribution in [0.15, 0.2) is 54.6 Å². The molecule has 2 aromatic carbocycles. The summed E-state index contributed by atoms with van der Waals surface area (Å²) < 4.78 is 0. The third-order valence-electron chi connectivity index (χ3n) is 3.10. The summed E-state index contributed by atoms with van der Waals surface area (Å²) in [5.74, 6) is -2.10. The van der Waals surface area contributed by atoms with Gasteiger partial charge in [-0.25, -0.2) is 0 Å². The lowest BCUT2D eigenvalue weighted by atomic mass is 9.99. The topological polar surface area (TPSA) is 86.6 Å². The first-order valence-corrected chi connectivity index (χ1v) is 6.43. The van der Waals surface area contributed by atoms with Crippen molar-refractivity contribution in [3.63, 3.8) is 0 Å². The van der Waals surface area contributed by atoms with E-state index in [4.69, 9.17) is 5.11 Å². The van der Waals surface area contributed by atoms with E-state index < -0.39 is 11.9 Å². The highest BCUT2D eigenvalue weighted by atomic mass is 16.4. The van der Waals surface area contributed by atoms with E-state index in [9.17, 15) is 14.7 Å². The zero-order valence-electron chi connectivity index (χ0n) is 11.2. The lowest BCUT2D eigenvalue weighted by molar-refractivity contribution is -0.138. The van der Waals surface area contributed by atoms with Crippen molar-refractivity contribution >= 4 is 11.9 Å². The van der Waals surface area contributed by atoms with Gasteiger partial charge in [0.15, 0.2) is 0 Å². The standard InChI is InChI=1S/C16H15NO4/c18-13-8-6-12(7-9-13)15(19)17-10-14(16(20)21)11-4-2-1-3-5-11/h1-9,14,18H,10H2,(H,17,19)(H,20,21). The van der Waals surface area contributed by atoms with Gasteiger partial charge in [0, 0.05) is 12.1 Å². The molecule has 0 heterocycles. The van der Waals surface area contributed by atoms with Crippen LogP contribution in [0.3, 0.4) is 0 Å². The number of carboxylic acid groups (broad SMARTS) is 1. The normalized spacial score (nSPS) is 11.6. The minimum absolute atomic E-state index is 0.000936. The van der Waals surface area contributed by atoms with E-state index in [-0.39, 0.29) is 18.2 Å². The van der Waals surface area contributed by atoms with Crippen LogP contribution in [0.1, 0.15) is 21.8 Å². The van der Waals surface area contributed by atoms with E-state index in [2.05, 4.69) is 5.32 Å². The molecule has 0 aromatic heterocycles. The number of hydrogen-bond acceptors (Lipinski definition) is 3. The quantitative estimate of drug-likeness (QED) is 0.784. The summed E-state index contributed by atoms with van der Waals surface area (Å²) in [5, 5.41) is 21.0. The monoisotopic (exact) mass is 285 g/mol. The molecule has 5 nitrogen and oxygen atoms in total. The lowest BCUT2D eigenvalue weighted by Crippen LogP contribution is -2.31. The Balaban J connectivity index is 2.04. The maximum Gasteiger partial charge on any atom is 0.312 e. The number of phenols is 1. The van der Waals surface area contributed by atoms with Crippen LogP contribution in [0.4, 0.5) is 0 Å². The van der Waals surface area contributed by atoms with Crippen molar-refractivity contribution in [3.05, 3.63) is 65.7 Å². The van der Waals surface area contributed by atoms with E-state index in [1.54, 1.807) is 30.3 Å². The average molecular weight is 285 g/mol. The van der Waals surface area contributed by atoms with E-state index in [0.29, 0.717) is 11.1 Å². The van der Waals surface area contributed by atoms with Gasteiger partial charge in [-0.15, -0.1) is 0 Å². The molecule has 1 atom stereocenters. The van der Waals surface area contributed by atoms with Crippen LogP contribution in [0, 0.1) is 0 Å². The summed E-state index contributed by atoms with van der Waals surface area (Å²) in [6.45, 7) is -0.000936. The molecule has 0 saturated carbocycles. The average Bonchev–Trinajstić information content (AvgIpc) is 2.48. The minimum Gasteiger partial charge on any atom is -0.508 e. The zero-order chi connectivity index (χ0) is 15.2. The van der Waals surface area contributed by atoms with Gasteiger partial charge in [-0.3, -0.25) is 9.59 Å². The molecule has 5 heteroatoms. The molecule has 0 spiro atoms. The molecule has 1 unspecified atom stereocenters. The molecule has 0 aliphatic rings. The number of aromatic hydroxyl groups is 1. The number of benzene rings is 2. The Morgan fingerprint density at radius 3 is 2.19 bits per heavy atom. The van der Waals surface area contributed by atoms with Crippen molar-refractivity contribution in [1.29, 1.82) is 0 Å². The molecule has 0 fully saturated rings. The van der Waals surface area contributed by atoms with Crippen molar-refractivity contribution in [2.24, 2.45) is 0 Å². The highest BCUT2D eigenvalue weighted by Crippen LogP contribution is 2.15. The first-order valence-electron chi connectivity index (χ1n) is 6.43. The summed E-state index contributed by atoms with van der Waals surface area (Å²) in [4.78, 5) is 23.2. The third kappa shape index (κ3) is 3.82. The maximum absolute atomic E-state index is 11.9. The van der Waals surface area contributed by atoms with E-state index >= 15 is 0 Å². The molecular weight excluding hydrogens is 270 g/mol. The van der Waals surface area contributed by atoms with Crippen molar-refractivity contribution in [1.82, 2.24) is 5.32 Å². The van der Waals surface area contributed by atoms with Crippen LogP contribution in [-0.2, 0) is 4.79 Å². The Labute approximate surface area is 121 Å². The van der Waals surface area contributed by atoms with Gasteiger partial charge >= 0.3 is 5.97 Å². The predicted molar refractivity (Wildman–Crippen MR) is 77.3 cm³/mol. The zero-order valence-corrected chi connectivity index (χ0v) is 11.2. The third-order valence-corrected chi connectivity index (χ3v) is 3.10. The molecule has 0 bridgehead atoms. The molecule has 0 saturated heterocycles. The van der Waals surface area contributed by atoms with Gasteiger partial charge in [-0.2, -0.15) is 0 Å². The number of phenolic OH excluding ortho intramolecular Hbond substituents is 1. The van der Waals surface area contributed by atoms with Crippen molar-refractivity contribution < 1.29 is 19.8 Å². The van der Waals surface area contributed by atoms with Crippen LogP contribution in [0.5, 0.6) is 5.75 Å². The fraction of sp³-hybridized carbons (Fsp3) is 0.125. The van der Waals surface area contributed by atoms with Gasteiger partial charge < -0.3 is 15.5 Å². The molecular formula is C16H15NO4. The van der Waals surface area contributed by atoms with Gasteiger partial charge in [-0.1, -0.05) is 30.3 Å². The Hall–Kier alpha value is -2.82. The van der Waals surface area contributed by atoms with Crippen LogP contribution < -0.4 is 5.32 Å². The van der Waals surface area contributed by atoms with Gasteiger partial charge in [-0.05, 0) is 29.8 Å². The summed E-state index contributed by atoms with van der Waals surface area (Å²) >= 11 is 0. The summed E-state index contributed by atoms with van der Waals surface area (Å²) in [6.07, 6.45) is 0. The van der Waals surface area contributed by atoms with Crippen LogP contribution >= 0.6 is 0 Å². The van der Waals surface area contributed by atoms with Gasteiger partial charge in [0.2, 0.25) is 0 Å². The highest BCUT2D eigenvalue weighted by molar-refractivity contribution is 5.94. The molecule has 1 amide bonds. The fourth-order valence-corrected chi connectivity index (χ4v) is 1.94. The second-order valence-corrected chi connectivity index (χ2v) is 4.56. The summed E-state index contributed by atoms with van der Waals surface area (Å²) in [7, 11) is 0. The number of aliphatic carboxylic acids is 1. The maximum atomic E-state index is 11.9. The molecule has 2 rings (SSSR count). The first-order chi connectivity index (χ1) is 10.1. The summed E-state index contributed by atoms with van der Waals surface area (Å²) in [5.41, 5.74) is 1.00. The van der Waals surface area contributed by atoms with Gasteiger partial charge in [0.05, 0.1) is 5.92 Å². The second-order valence-electron chi connectivity index (χ2n) is 4.56. The molecule has 0 aliphatic carbocycles. The SMILES string of the molecule is O=C(NCC(C(=O)O)c1ccccc1)c1ccc(O)cc1. The Morgan fingerprint density at radius 2 is 1.62 bits per heavy atom. The smallest absolute Gasteiger partial charge is 0.312 e. The predicted octanol–water partition coefficient (Wildman–Crippen LogP) is 1.99. The summed E-state index contributed by atoms with van der Waals surface area (Å²) in [6, 6.07) is 14.5. The highest BCUT2D eigenvalue weighted by Gasteiger charge is 2.20. The van der Waals surface area contributed by atoms with Crippen molar-refractivity contribution in [2.45, 2.75) is 5.92 Å². The largest absolute Gasteiger partial charge is 0.508 e. The first kappa shape index (κ1) is 14.6. The van der Waals surface area contributed by atoms with E-state index in [0.717, 1.165) is 0 Å². The Kier molecular flexibility index (Phi) is 4.56. The Bertz CT molecular complexity index is 622. The number of rotatable bonds is 5. The number of carboxylic acids is 1. The molecule has 0 aliphatic heterocycles. The number of carbonyl (C=O) groups is 2. The van der Waals surface area contributed by atoms with Crippen molar-refractivity contribution in [2.75, 3.05) is 6.54 Å². The fourth-order valence-electron chi connectivity index (χ4n) is 1.94. The van der Waals surface area contributed by atoms with Crippen molar-refractivity contribution in [3.8, 4) is 5.75 Å². The molecule has 108 valence electrons. The number of hydrogen-bond donors (Lipinski definition) is 3. The second kappa shape index (κ2) is 6.56. The van der Waals surface area contributed by atoms with Gasteiger partial charge in [0.1, 0.15) is 5.75 Å². The number of carbonyl (C=O) groups excluding carboxylic acids is 1. The molecule has 2 aromatic rings. The minimum atomic E-state index is -0.993. The Morgan fingerprint density at radius 1 is 1.00 bits per heavy atom. The molecule has 3 N–H and O–H groups in total. The van der Waals surface area contributed by atoms with Crippen LogP contribution in [-0.4, -0.2) is 28.6 Å². The van der Waals surface area contributed by atoms with E-state index in [1.165, 1.54) is 24.3 Å².